The van der Waals surface area contributed by atoms with Gasteiger partial charge in [0, 0.05) is 17.8 Å². The summed E-state index contributed by atoms with van der Waals surface area (Å²) in [5.41, 5.74) is 7.64. The van der Waals surface area contributed by atoms with Crippen molar-refractivity contribution in [3.8, 4) is 17.1 Å². The predicted molar refractivity (Wildman–Crippen MR) is 117 cm³/mol. The Labute approximate surface area is 183 Å². The Morgan fingerprint density at radius 1 is 1.19 bits per heavy atom. The van der Waals surface area contributed by atoms with Gasteiger partial charge in [0.15, 0.2) is 0 Å². The molecule has 0 saturated carbocycles. The maximum Gasteiger partial charge on any atom is 0.237 e. The van der Waals surface area contributed by atoms with Crippen molar-refractivity contribution in [2.24, 2.45) is 5.92 Å². The molecule has 3 unspecified atom stereocenters. The van der Waals surface area contributed by atoms with Crippen LogP contribution in [0, 0.1) is 5.92 Å². The van der Waals surface area contributed by atoms with Crippen LogP contribution in [0.25, 0.3) is 11.4 Å². The Kier molecular flexibility index (Phi) is 5.60. The van der Waals surface area contributed by atoms with E-state index in [0.717, 1.165) is 17.0 Å². The normalized spacial score (nSPS) is 23.1. The topological polar surface area (TPSA) is 105 Å². The molecule has 2 saturated heterocycles. The first kappa shape index (κ1) is 20.0. The number of para-hydroxylation sites is 1. The second-order valence-corrected chi connectivity index (χ2v) is 8.29. The molecule has 1 aromatic heterocycles. The number of aromatic nitrogens is 2. The van der Waals surface area contributed by atoms with Crippen molar-refractivity contribution in [3.05, 3.63) is 60.5 Å². The zero-order valence-electron chi connectivity index (χ0n) is 16.8. The van der Waals surface area contributed by atoms with Crippen molar-refractivity contribution in [2.45, 2.75) is 17.4 Å². The van der Waals surface area contributed by atoms with Crippen LogP contribution in [0.3, 0.4) is 0 Å². The number of thioether (sulfide) groups is 1. The van der Waals surface area contributed by atoms with Gasteiger partial charge in [0.25, 0.3) is 0 Å². The monoisotopic (exact) mass is 438 g/mol. The van der Waals surface area contributed by atoms with E-state index in [0.29, 0.717) is 24.0 Å². The van der Waals surface area contributed by atoms with Gasteiger partial charge in [-0.3, -0.25) is 20.4 Å². The Hall–Kier alpha value is -2.92. The third kappa shape index (κ3) is 4.02. The quantitative estimate of drug-likeness (QED) is 0.533. The molecule has 160 valence electrons. The number of nitrogens with one attached hydrogen (secondary N) is 3. The summed E-state index contributed by atoms with van der Waals surface area (Å²) >= 11 is 1.53. The van der Waals surface area contributed by atoms with Crippen LogP contribution < -0.4 is 25.8 Å². The number of fused-ring (bicyclic) bond motifs is 1. The molecule has 5 rings (SSSR count). The van der Waals surface area contributed by atoms with Gasteiger partial charge in [-0.1, -0.05) is 23.4 Å². The highest BCUT2D eigenvalue weighted by Crippen LogP contribution is 2.31. The molecule has 2 aliphatic rings. The second-order valence-electron chi connectivity index (χ2n) is 7.22. The van der Waals surface area contributed by atoms with Gasteiger partial charge < -0.3 is 9.26 Å². The lowest BCUT2D eigenvalue weighted by molar-refractivity contribution is -0.124. The lowest BCUT2D eigenvalue weighted by atomic mass is 10.0. The summed E-state index contributed by atoms with van der Waals surface area (Å²) in [6, 6.07) is 17.2. The summed E-state index contributed by atoms with van der Waals surface area (Å²) in [5.74, 6) is 2.16. The zero-order valence-corrected chi connectivity index (χ0v) is 17.6. The van der Waals surface area contributed by atoms with E-state index in [1.807, 2.05) is 54.6 Å². The molecule has 10 heteroatoms. The lowest BCUT2D eigenvalue weighted by Gasteiger charge is -2.41. The number of hydrazine groups is 1. The number of nitrogens with zero attached hydrogens (tertiary/aromatic N) is 3. The van der Waals surface area contributed by atoms with Gasteiger partial charge in [0.1, 0.15) is 11.2 Å². The molecule has 2 fully saturated rings. The van der Waals surface area contributed by atoms with Crippen LogP contribution in [0.4, 0.5) is 5.69 Å². The molecule has 3 heterocycles. The fraction of sp³-hybridized carbons (Fsp3) is 0.286. The van der Waals surface area contributed by atoms with Gasteiger partial charge in [-0.2, -0.15) is 4.98 Å². The zero-order chi connectivity index (χ0) is 21.2. The summed E-state index contributed by atoms with van der Waals surface area (Å²) in [6.07, 6.45) is -0.123. The summed E-state index contributed by atoms with van der Waals surface area (Å²) in [7, 11) is 1.63. The molecule has 0 aliphatic carbocycles. The van der Waals surface area contributed by atoms with Gasteiger partial charge >= 0.3 is 0 Å². The number of hydrogen-bond donors (Lipinski definition) is 3. The fourth-order valence-electron chi connectivity index (χ4n) is 3.70. The van der Waals surface area contributed by atoms with Gasteiger partial charge in [-0.15, -0.1) is 11.8 Å². The largest absolute Gasteiger partial charge is 0.497 e. The lowest BCUT2D eigenvalue weighted by Crippen LogP contribution is -2.64. The Morgan fingerprint density at radius 3 is 2.77 bits per heavy atom. The number of ether oxygens (including phenoxy) is 1. The molecule has 3 N–H and O–H groups in total. The van der Waals surface area contributed by atoms with E-state index in [1.165, 1.54) is 11.8 Å². The van der Waals surface area contributed by atoms with Crippen molar-refractivity contribution < 1.29 is 14.1 Å². The standard InChI is InChI=1S/C21H22N6O3S/c1-29-15-9-7-13(8-10-15)18-23-17(30-26-18)12-31-21-24-19-16(11-22-25-19)20(28)27(21)14-5-3-2-4-6-14/h2-10,16,19,21-22,24-25H,11-12H2,1H3. The average molecular weight is 439 g/mol. The minimum Gasteiger partial charge on any atom is -0.497 e. The van der Waals surface area contributed by atoms with Crippen molar-refractivity contribution in [2.75, 3.05) is 18.6 Å². The van der Waals surface area contributed by atoms with E-state index >= 15 is 0 Å². The molecule has 31 heavy (non-hydrogen) atoms. The number of methoxy groups -OCH3 is 1. The van der Waals surface area contributed by atoms with Crippen LogP contribution in [0.5, 0.6) is 5.75 Å². The van der Waals surface area contributed by atoms with E-state index in [9.17, 15) is 4.79 Å². The second kappa shape index (κ2) is 8.67. The molecule has 0 bridgehead atoms. The molecule has 0 radical (unpaired) electrons. The highest BCUT2D eigenvalue weighted by molar-refractivity contribution is 7.99. The van der Waals surface area contributed by atoms with Crippen LogP contribution in [0.1, 0.15) is 5.89 Å². The Morgan fingerprint density at radius 2 is 2.00 bits per heavy atom. The molecule has 1 amide bonds. The van der Waals surface area contributed by atoms with Crippen molar-refractivity contribution >= 4 is 23.4 Å². The van der Waals surface area contributed by atoms with Gasteiger partial charge in [0.05, 0.1) is 24.9 Å². The summed E-state index contributed by atoms with van der Waals surface area (Å²) in [5, 5.41) is 7.59. The number of carbonyl (C=O) groups is 1. The molecule has 3 atom stereocenters. The average Bonchev–Trinajstić information content (AvgIpc) is 3.48. The molecule has 2 aliphatic heterocycles. The van der Waals surface area contributed by atoms with E-state index < -0.39 is 0 Å². The number of hydrogen-bond acceptors (Lipinski definition) is 9. The van der Waals surface area contributed by atoms with Crippen molar-refractivity contribution in [1.29, 1.82) is 0 Å². The van der Waals surface area contributed by atoms with E-state index in [2.05, 4.69) is 26.3 Å². The van der Waals surface area contributed by atoms with Crippen LogP contribution >= 0.6 is 11.8 Å². The third-order valence-electron chi connectivity index (χ3n) is 5.31. The number of amides is 1. The van der Waals surface area contributed by atoms with Crippen LogP contribution in [0.2, 0.25) is 0 Å². The number of benzene rings is 2. The summed E-state index contributed by atoms with van der Waals surface area (Å²) in [6.45, 7) is 0.589. The highest BCUT2D eigenvalue weighted by Gasteiger charge is 2.44. The highest BCUT2D eigenvalue weighted by atomic mass is 32.2. The Balaban J connectivity index is 1.32. The van der Waals surface area contributed by atoms with E-state index in [1.54, 1.807) is 12.0 Å². The predicted octanol–water partition coefficient (Wildman–Crippen LogP) is 1.95. The summed E-state index contributed by atoms with van der Waals surface area (Å²) in [4.78, 5) is 19.5. The van der Waals surface area contributed by atoms with E-state index in [-0.39, 0.29) is 23.5 Å². The van der Waals surface area contributed by atoms with Gasteiger partial charge in [-0.25, -0.2) is 5.43 Å². The molecular formula is C21H22N6O3S. The molecule has 2 aromatic carbocycles. The third-order valence-corrected chi connectivity index (χ3v) is 6.38. The molecule has 9 nitrogen and oxygen atoms in total. The fourth-order valence-corrected chi connectivity index (χ4v) is 4.74. The van der Waals surface area contributed by atoms with E-state index in [4.69, 9.17) is 9.26 Å². The minimum atomic E-state index is -0.278. The first-order chi connectivity index (χ1) is 15.2. The Bertz CT molecular complexity index is 1040. The number of carbonyl (C=O) groups excluding carboxylic acids is 1. The van der Waals surface area contributed by atoms with Crippen LogP contribution in [-0.2, 0) is 10.5 Å². The maximum absolute atomic E-state index is 13.2. The minimum absolute atomic E-state index is 0.0781. The van der Waals surface area contributed by atoms with Crippen molar-refractivity contribution in [1.82, 2.24) is 26.3 Å². The number of rotatable bonds is 6. The first-order valence-electron chi connectivity index (χ1n) is 9.94. The number of anilines is 1. The first-order valence-corrected chi connectivity index (χ1v) is 11.0. The molecule has 3 aromatic rings. The maximum atomic E-state index is 13.2. The molecule has 0 spiro atoms. The molecular weight excluding hydrogens is 416 g/mol. The summed E-state index contributed by atoms with van der Waals surface area (Å²) < 4.78 is 10.6. The van der Waals surface area contributed by atoms with Gasteiger partial charge in [-0.05, 0) is 36.4 Å². The van der Waals surface area contributed by atoms with Gasteiger partial charge in [0.2, 0.25) is 17.6 Å². The van der Waals surface area contributed by atoms with Crippen LogP contribution in [0.15, 0.2) is 59.1 Å². The SMILES string of the molecule is COc1ccc(-c2noc(CSC3NC4NNCC4C(=O)N3c3ccccc3)n2)cc1. The smallest absolute Gasteiger partial charge is 0.237 e. The van der Waals surface area contributed by atoms with Crippen LogP contribution in [-0.4, -0.2) is 41.4 Å². The van der Waals surface area contributed by atoms with Crippen molar-refractivity contribution in [3.63, 3.8) is 0 Å².